The Kier molecular flexibility index (Phi) is 7.27. The minimum Gasteiger partial charge on any atom is -0.493 e. The second-order valence-corrected chi connectivity index (χ2v) is 9.77. The summed E-state index contributed by atoms with van der Waals surface area (Å²) in [5.41, 5.74) is 1.96. The highest BCUT2D eigenvalue weighted by Gasteiger charge is 2.35. The highest BCUT2D eigenvalue weighted by Crippen LogP contribution is 2.36. The summed E-state index contributed by atoms with van der Waals surface area (Å²) in [6, 6.07) is 20.5. The molecule has 1 amide bonds. The largest absolute Gasteiger partial charge is 0.493 e. The summed E-state index contributed by atoms with van der Waals surface area (Å²) in [6.07, 6.45) is 1.89. The second-order valence-electron chi connectivity index (χ2n) is 8.77. The summed E-state index contributed by atoms with van der Waals surface area (Å²) in [5, 5.41) is 3.15. The maximum Gasteiger partial charge on any atom is 0.266 e. The molecule has 0 aromatic heterocycles. The molecule has 0 radical (unpaired) electrons. The van der Waals surface area contributed by atoms with Gasteiger partial charge in [-0.25, -0.2) is 0 Å². The molecule has 1 heterocycles. The first-order valence-electron chi connectivity index (χ1n) is 11.4. The molecule has 1 aliphatic rings. The van der Waals surface area contributed by atoms with Crippen LogP contribution in [0.1, 0.15) is 38.8 Å². The van der Waals surface area contributed by atoms with Crippen LogP contribution in [0.5, 0.6) is 11.5 Å². The van der Waals surface area contributed by atoms with Gasteiger partial charge in [0.05, 0.1) is 12.0 Å². The topological polar surface area (TPSA) is 51.1 Å². The van der Waals surface area contributed by atoms with Crippen molar-refractivity contribution < 1.29 is 14.3 Å². The average molecular weight is 475 g/mol. The number of carbonyl (C=O) groups is 1. The molecule has 0 atom stereocenters. The smallest absolute Gasteiger partial charge is 0.266 e. The van der Waals surface area contributed by atoms with Crippen LogP contribution in [0.15, 0.2) is 70.6 Å². The number of rotatable bonds is 7. The molecule has 176 valence electrons. The number of carbonyl (C=O) groups excluding carboxylic acids is 1. The predicted octanol–water partition coefficient (Wildman–Crippen LogP) is 6.52. The average Bonchev–Trinajstić information content (AvgIpc) is 3.11. The van der Waals surface area contributed by atoms with Gasteiger partial charge in [-0.1, -0.05) is 42.5 Å². The lowest BCUT2D eigenvalue weighted by Gasteiger charge is -2.20. The number of fused-ring (bicyclic) bond motifs is 1. The third kappa shape index (κ3) is 5.28. The van der Waals surface area contributed by atoms with Crippen LogP contribution in [0.25, 0.3) is 16.8 Å². The minimum absolute atomic E-state index is 0.0185. The van der Waals surface area contributed by atoms with Crippen LogP contribution >= 0.6 is 11.8 Å². The Hall–Kier alpha value is -3.25. The van der Waals surface area contributed by atoms with E-state index in [2.05, 4.69) is 35.3 Å². The fourth-order valence-electron chi connectivity index (χ4n) is 3.79. The zero-order valence-corrected chi connectivity index (χ0v) is 21.1. The Labute approximate surface area is 205 Å². The third-order valence-electron chi connectivity index (χ3n) is 5.42. The van der Waals surface area contributed by atoms with Gasteiger partial charge in [-0.2, -0.15) is 0 Å². The van der Waals surface area contributed by atoms with Crippen molar-refractivity contribution in [2.45, 2.75) is 46.4 Å². The van der Waals surface area contributed by atoms with Crippen LogP contribution in [-0.4, -0.2) is 35.2 Å². The van der Waals surface area contributed by atoms with E-state index in [0.717, 1.165) is 16.3 Å². The van der Waals surface area contributed by atoms with E-state index < -0.39 is 0 Å². The molecule has 1 saturated heterocycles. The third-order valence-corrected chi connectivity index (χ3v) is 6.41. The number of hydrogen-bond acceptors (Lipinski definition) is 5. The van der Waals surface area contributed by atoms with Gasteiger partial charge in [-0.15, -0.1) is 0 Å². The maximum absolute atomic E-state index is 13.0. The van der Waals surface area contributed by atoms with E-state index in [1.54, 1.807) is 12.0 Å². The molecule has 3 aromatic carbocycles. The number of aliphatic imine (C=N–C) groups is 1. The maximum atomic E-state index is 13.0. The summed E-state index contributed by atoms with van der Waals surface area (Å²) in [7, 11) is 1.62. The molecule has 3 aromatic rings. The van der Waals surface area contributed by atoms with Crippen molar-refractivity contribution >= 4 is 39.7 Å². The molecule has 0 spiro atoms. The summed E-state index contributed by atoms with van der Waals surface area (Å²) in [5.74, 6) is 1.27. The van der Waals surface area contributed by atoms with Crippen molar-refractivity contribution in [3.8, 4) is 11.5 Å². The molecule has 6 heteroatoms. The number of amides is 1. The molecule has 1 aliphatic heterocycles. The van der Waals surface area contributed by atoms with E-state index in [4.69, 9.17) is 9.47 Å². The SMILES string of the molecule is COc1cc(/C=C2/SC(=NC(C)C)N(C(C)C)C2=O)ccc1OCc1ccc2ccccc2c1. The quantitative estimate of drug-likeness (QED) is 0.366. The monoisotopic (exact) mass is 474 g/mol. The summed E-state index contributed by atoms with van der Waals surface area (Å²) in [6.45, 7) is 8.47. The lowest BCUT2D eigenvalue weighted by Crippen LogP contribution is -2.35. The van der Waals surface area contributed by atoms with E-state index in [9.17, 15) is 4.79 Å². The molecule has 0 N–H and O–H groups in total. The van der Waals surface area contributed by atoms with Gasteiger partial charge < -0.3 is 9.47 Å². The predicted molar refractivity (Wildman–Crippen MR) is 141 cm³/mol. The number of amidine groups is 1. The van der Waals surface area contributed by atoms with E-state index in [1.807, 2.05) is 64.1 Å². The van der Waals surface area contributed by atoms with Crippen molar-refractivity contribution in [1.29, 1.82) is 0 Å². The number of thioether (sulfide) groups is 1. The number of ether oxygens (including phenoxy) is 2. The van der Waals surface area contributed by atoms with Crippen LogP contribution in [0.3, 0.4) is 0 Å². The zero-order valence-electron chi connectivity index (χ0n) is 20.2. The highest BCUT2D eigenvalue weighted by molar-refractivity contribution is 8.18. The van der Waals surface area contributed by atoms with E-state index >= 15 is 0 Å². The molecule has 0 bridgehead atoms. The lowest BCUT2D eigenvalue weighted by atomic mass is 10.1. The molecular weight excluding hydrogens is 444 g/mol. The van der Waals surface area contributed by atoms with Crippen molar-refractivity contribution in [2.24, 2.45) is 4.99 Å². The number of methoxy groups -OCH3 is 1. The standard InChI is InChI=1S/C28H30N2O3S/c1-18(2)29-28-30(19(3)4)27(31)26(34-28)16-20-11-13-24(25(15-20)32-5)33-17-21-10-12-22-8-6-7-9-23(22)14-21/h6-16,18-19H,17H2,1-5H3/b26-16+,29-28?. The van der Waals surface area contributed by atoms with Gasteiger partial charge in [0.1, 0.15) is 6.61 Å². The van der Waals surface area contributed by atoms with Crippen molar-refractivity contribution in [3.63, 3.8) is 0 Å². The van der Waals surface area contributed by atoms with Crippen molar-refractivity contribution in [1.82, 2.24) is 4.90 Å². The van der Waals surface area contributed by atoms with Crippen LogP contribution in [0.2, 0.25) is 0 Å². The fourth-order valence-corrected chi connectivity index (χ4v) is 5.02. The molecule has 0 aliphatic carbocycles. The summed E-state index contributed by atoms with van der Waals surface area (Å²) in [4.78, 5) is 20.1. The lowest BCUT2D eigenvalue weighted by molar-refractivity contribution is -0.123. The Balaban J connectivity index is 1.53. The number of nitrogens with zero attached hydrogens (tertiary/aromatic N) is 2. The summed E-state index contributed by atoms with van der Waals surface area (Å²) >= 11 is 1.42. The van der Waals surface area contributed by atoms with Gasteiger partial charge in [-0.05, 0) is 85.6 Å². The molecule has 34 heavy (non-hydrogen) atoms. The molecule has 5 nitrogen and oxygen atoms in total. The van der Waals surface area contributed by atoms with Gasteiger partial charge in [0.25, 0.3) is 5.91 Å². The van der Waals surface area contributed by atoms with Crippen molar-refractivity contribution in [3.05, 3.63) is 76.7 Å². The van der Waals surface area contributed by atoms with E-state index in [0.29, 0.717) is 23.0 Å². The van der Waals surface area contributed by atoms with Gasteiger partial charge in [0, 0.05) is 12.1 Å². The fraction of sp³-hybridized carbons (Fsp3) is 0.286. The first-order valence-corrected chi connectivity index (χ1v) is 12.3. The van der Waals surface area contributed by atoms with Gasteiger partial charge in [0.2, 0.25) is 0 Å². The normalized spacial score (nSPS) is 16.4. The first kappa shape index (κ1) is 23.9. The van der Waals surface area contributed by atoms with Crippen LogP contribution < -0.4 is 9.47 Å². The Morgan fingerprint density at radius 1 is 0.971 bits per heavy atom. The van der Waals surface area contributed by atoms with Crippen LogP contribution in [0, 0.1) is 0 Å². The second kappa shape index (κ2) is 10.3. The Bertz CT molecular complexity index is 1260. The van der Waals surface area contributed by atoms with Gasteiger partial charge in [-0.3, -0.25) is 14.7 Å². The highest BCUT2D eigenvalue weighted by atomic mass is 32.2. The van der Waals surface area contributed by atoms with Crippen molar-refractivity contribution in [2.75, 3.05) is 7.11 Å². The molecular formula is C28H30N2O3S. The van der Waals surface area contributed by atoms with Crippen LogP contribution in [0.4, 0.5) is 0 Å². The molecule has 4 rings (SSSR count). The number of hydrogen-bond donors (Lipinski definition) is 0. The van der Waals surface area contributed by atoms with Gasteiger partial charge in [0.15, 0.2) is 16.7 Å². The van der Waals surface area contributed by atoms with E-state index in [1.165, 1.54) is 22.5 Å². The molecule has 0 unspecified atom stereocenters. The van der Waals surface area contributed by atoms with Crippen LogP contribution in [-0.2, 0) is 11.4 Å². The Morgan fingerprint density at radius 3 is 2.44 bits per heavy atom. The Morgan fingerprint density at radius 2 is 1.74 bits per heavy atom. The molecule has 0 saturated carbocycles. The summed E-state index contributed by atoms with van der Waals surface area (Å²) < 4.78 is 11.7. The van der Waals surface area contributed by atoms with Gasteiger partial charge >= 0.3 is 0 Å². The van der Waals surface area contributed by atoms with E-state index in [-0.39, 0.29) is 18.0 Å². The molecule has 1 fully saturated rings. The first-order chi connectivity index (χ1) is 16.4. The minimum atomic E-state index is -0.0185. The zero-order chi connectivity index (χ0) is 24.2. The number of benzene rings is 3.